The Kier molecular flexibility index (Phi) is 4.79. The van der Waals surface area contributed by atoms with E-state index in [1.807, 2.05) is 0 Å². The first-order chi connectivity index (χ1) is 7.36. The number of hydrogen-bond donors (Lipinski definition) is 1. The van der Waals surface area contributed by atoms with Crippen molar-refractivity contribution >= 4 is 11.8 Å². The average Bonchev–Trinajstić information content (AvgIpc) is 2.31. The Balaban J connectivity index is 1.72. The molecule has 0 aromatic rings. The van der Waals surface area contributed by atoms with E-state index in [-0.39, 0.29) is 0 Å². The fraction of sp³-hybridized carbons (Fsp3) is 1.00. The molecule has 0 amide bonds. The summed E-state index contributed by atoms with van der Waals surface area (Å²) in [6, 6.07) is 1.62. The van der Waals surface area contributed by atoms with Crippen molar-refractivity contribution in [1.82, 2.24) is 10.2 Å². The molecule has 0 bridgehead atoms. The van der Waals surface area contributed by atoms with E-state index in [0.717, 1.165) is 12.1 Å². The summed E-state index contributed by atoms with van der Waals surface area (Å²) in [4.78, 5) is 2.60. The largest absolute Gasteiger partial charge is 0.313 e. The fourth-order valence-electron chi connectivity index (χ4n) is 2.70. The molecule has 0 spiro atoms. The maximum absolute atomic E-state index is 3.64. The van der Waals surface area contributed by atoms with Crippen LogP contribution in [0.2, 0.25) is 0 Å². The molecule has 1 unspecified atom stereocenters. The van der Waals surface area contributed by atoms with Crippen molar-refractivity contribution in [3.05, 3.63) is 0 Å². The summed E-state index contributed by atoms with van der Waals surface area (Å²) >= 11 is 2.12. The Hall–Kier alpha value is 0.270. The Bertz CT molecular complexity index is 174. The van der Waals surface area contributed by atoms with Crippen molar-refractivity contribution in [2.24, 2.45) is 0 Å². The maximum atomic E-state index is 3.64. The van der Waals surface area contributed by atoms with Crippen LogP contribution in [0, 0.1) is 0 Å². The lowest BCUT2D eigenvalue weighted by molar-refractivity contribution is 0.193. The second kappa shape index (κ2) is 6.12. The topological polar surface area (TPSA) is 15.3 Å². The number of nitrogens with zero attached hydrogens (tertiary/aromatic N) is 1. The number of piperidine rings is 1. The molecule has 0 aromatic carbocycles. The summed E-state index contributed by atoms with van der Waals surface area (Å²) in [6.45, 7) is 2.49. The first-order valence-electron chi connectivity index (χ1n) is 6.37. The summed E-state index contributed by atoms with van der Waals surface area (Å²) in [5.41, 5.74) is 0. The van der Waals surface area contributed by atoms with E-state index in [1.54, 1.807) is 0 Å². The fourth-order valence-corrected chi connectivity index (χ4v) is 3.78. The van der Waals surface area contributed by atoms with Gasteiger partial charge in [0.25, 0.3) is 0 Å². The zero-order chi connectivity index (χ0) is 10.5. The molecule has 0 aromatic heterocycles. The predicted molar refractivity (Wildman–Crippen MR) is 68.6 cm³/mol. The molecule has 2 saturated heterocycles. The van der Waals surface area contributed by atoms with Gasteiger partial charge in [-0.05, 0) is 50.8 Å². The number of thioether (sulfide) groups is 1. The summed E-state index contributed by atoms with van der Waals surface area (Å²) in [5.74, 6) is 2.74. The Labute approximate surface area is 98.2 Å². The molecule has 88 valence electrons. The van der Waals surface area contributed by atoms with Crippen molar-refractivity contribution in [2.75, 3.05) is 31.6 Å². The third-order valence-electron chi connectivity index (χ3n) is 3.73. The molecule has 0 radical (unpaired) electrons. The normalized spacial score (nSPS) is 29.6. The third kappa shape index (κ3) is 3.65. The number of hydrogen-bond acceptors (Lipinski definition) is 3. The van der Waals surface area contributed by atoms with Crippen LogP contribution in [0.5, 0.6) is 0 Å². The highest BCUT2D eigenvalue weighted by molar-refractivity contribution is 7.99. The highest BCUT2D eigenvalue weighted by Crippen LogP contribution is 2.21. The predicted octanol–water partition coefficient (Wildman–Crippen LogP) is 1.96. The minimum absolute atomic E-state index is 0.762. The van der Waals surface area contributed by atoms with Gasteiger partial charge < -0.3 is 10.2 Å². The minimum Gasteiger partial charge on any atom is -0.313 e. The van der Waals surface area contributed by atoms with E-state index in [4.69, 9.17) is 0 Å². The van der Waals surface area contributed by atoms with Crippen LogP contribution in [-0.4, -0.2) is 48.6 Å². The third-order valence-corrected chi connectivity index (χ3v) is 4.78. The van der Waals surface area contributed by atoms with Crippen LogP contribution in [0.25, 0.3) is 0 Å². The van der Waals surface area contributed by atoms with E-state index in [1.165, 1.54) is 56.7 Å². The van der Waals surface area contributed by atoms with E-state index >= 15 is 0 Å². The van der Waals surface area contributed by atoms with Crippen LogP contribution >= 0.6 is 11.8 Å². The zero-order valence-electron chi connectivity index (χ0n) is 9.87. The molecule has 2 fully saturated rings. The molecule has 0 saturated carbocycles. The van der Waals surface area contributed by atoms with Crippen LogP contribution in [0.3, 0.4) is 0 Å². The van der Waals surface area contributed by atoms with Gasteiger partial charge in [-0.15, -0.1) is 0 Å². The van der Waals surface area contributed by atoms with Gasteiger partial charge in [0.2, 0.25) is 0 Å². The second-order valence-corrected chi connectivity index (χ2v) is 6.15. The van der Waals surface area contributed by atoms with Crippen LogP contribution < -0.4 is 5.32 Å². The van der Waals surface area contributed by atoms with Crippen molar-refractivity contribution < 1.29 is 0 Å². The van der Waals surface area contributed by atoms with E-state index in [9.17, 15) is 0 Å². The highest BCUT2D eigenvalue weighted by Gasteiger charge is 2.21. The van der Waals surface area contributed by atoms with Crippen LogP contribution in [-0.2, 0) is 0 Å². The molecule has 2 aliphatic heterocycles. The lowest BCUT2D eigenvalue weighted by Gasteiger charge is -2.35. The molecule has 2 nitrogen and oxygen atoms in total. The zero-order valence-corrected chi connectivity index (χ0v) is 10.7. The van der Waals surface area contributed by atoms with Gasteiger partial charge in [-0.2, -0.15) is 11.8 Å². The summed E-state index contributed by atoms with van der Waals surface area (Å²) < 4.78 is 0. The van der Waals surface area contributed by atoms with E-state index < -0.39 is 0 Å². The van der Waals surface area contributed by atoms with E-state index in [0.29, 0.717) is 0 Å². The lowest BCUT2D eigenvalue weighted by atomic mass is 10.0. The van der Waals surface area contributed by atoms with Crippen LogP contribution in [0.15, 0.2) is 0 Å². The van der Waals surface area contributed by atoms with Crippen molar-refractivity contribution in [3.8, 4) is 0 Å². The number of nitrogens with one attached hydrogen (secondary N) is 1. The first kappa shape index (κ1) is 11.7. The van der Waals surface area contributed by atoms with Gasteiger partial charge in [0.15, 0.2) is 0 Å². The molecule has 2 rings (SSSR count). The quantitative estimate of drug-likeness (QED) is 0.795. The van der Waals surface area contributed by atoms with Crippen molar-refractivity contribution in [3.63, 3.8) is 0 Å². The van der Waals surface area contributed by atoms with Gasteiger partial charge >= 0.3 is 0 Å². The van der Waals surface area contributed by atoms with Gasteiger partial charge in [-0.1, -0.05) is 6.42 Å². The van der Waals surface area contributed by atoms with Crippen LogP contribution in [0.4, 0.5) is 0 Å². The average molecular weight is 228 g/mol. The molecule has 15 heavy (non-hydrogen) atoms. The van der Waals surface area contributed by atoms with Crippen molar-refractivity contribution in [2.45, 2.75) is 44.2 Å². The molecular weight excluding hydrogens is 204 g/mol. The molecule has 3 heteroatoms. The van der Waals surface area contributed by atoms with Gasteiger partial charge in [-0.3, -0.25) is 0 Å². The molecule has 1 N–H and O–H groups in total. The summed E-state index contributed by atoms with van der Waals surface area (Å²) in [7, 11) is 2.32. The van der Waals surface area contributed by atoms with Gasteiger partial charge in [0, 0.05) is 18.6 Å². The minimum atomic E-state index is 0.762. The SMILES string of the molecule is CN(CC1CCCCN1)C1CCSCC1. The Morgan fingerprint density at radius 1 is 1.20 bits per heavy atom. The summed E-state index contributed by atoms with van der Waals surface area (Å²) in [5, 5.41) is 3.64. The highest BCUT2D eigenvalue weighted by atomic mass is 32.2. The smallest absolute Gasteiger partial charge is 0.0195 e. The number of rotatable bonds is 3. The maximum Gasteiger partial charge on any atom is 0.0195 e. The summed E-state index contributed by atoms with van der Waals surface area (Å²) in [6.07, 6.45) is 6.97. The van der Waals surface area contributed by atoms with Gasteiger partial charge in [0.1, 0.15) is 0 Å². The Morgan fingerprint density at radius 2 is 2.00 bits per heavy atom. The molecular formula is C12H24N2S. The first-order valence-corrected chi connectivity index (χ1v) is 7.53. The molecule has 1 atom stereocenters. The van der Waals surface area contributed by atoms with Gasteiger partial charge in [-0.25, -0.2) is 0 Å². The van der Waals surface area contributed by atoms with Crippen molar-refractivity contribution in [1.29, 1.82) is 0 Å². The molecule has 0 aliphatic carbocycles. The Morgan fingerprint density at radius 3 is 2.67 bits per heavy atom. The standard InChI is InChI=1S/C12H24N2S/c1-14(12-5-8-15-9-6-12)10-11-4-2-3-7-13-11/h11-13H,2-10H2,1H3. The van der Waals surface area contributed by atoms with Crippen LogP contribution in [0.1, 0.15) is 32.1 Å². The number of likely N-dealkylation sites (N-methyl/N-ethyl adjacent to an activating group) is 1. The lowest BCUT2D eigenvalue weighted by Crippen LogP contribution is -2.46. The monoisotopic (exact) mass is 228 g/mol. The second-order valence-electron chi connectivity index (χ2n) is 4.93. The van der Waals surface area contributed by atoms with Gasteiger partial charge in [0.05, 0.1) is 0 Å². The van der Waals surface area contributed by atoms with E-state index in [2.05, 4.69) is 29.0 Å². The molecule has 2 aliphatic rings. The molecule has 2 heterocycles.